The van der Waals surface area contributed by atoms with Crippen LogP contribution in [0, 0.1) is 5.92 Å². The number of carboxylic acids is 1. The molecule has 4 nitrogen and oxygen atoms in total. The maximum Gasteiger partial charge on any atom is 0.355 e. The van der Waals surface area contributed by atoms with Crippen LogP contribution in [0.3, 0.4) is 0 Å². The third-order valence-corrected chi connectivity index (χ3v) is 0.876. The minimum absolute atomic E-state index is 0.0539. The first-order valence-electron chi connectivity index (χ1n) is 3.11. The number of rotatable bonds is 3. The number of hydrogen-bond donors (Lipinski definition) is 1. The molecule has 0 heterocycles. The maximum absolute atomic E-state index is 10.3. The van der Waals surface area contributed by atoms with Gasteiger partial charge < -0.3 is 5.11 Å². The van der Waals surface area contributed by atoms with Gasteiger partial charge in [-0.3, -0.25) is 0 Å². The van der Waals surface area contributed by atoms with E-state index >= 15 is 0 Å². The second-order valence-electron chi connectivity index (χ2n) is 2.30. The van der Waals surface area contributed by atoms with Gasteiger partial charge in [0.1, 0.15) is 0 Å². The normalized spacial score (nSPS) is 11.0. The molecule has 0 aromatic carbocycles. The zero-order valence-corrected chi connectivity index (χ0v) is 6.37. The molecule has 0 spiro atoms. The minimum atomic E-state index is -1.21. The molecule has 60 valence electrons. The number of isocyanates is 1. The van der Waals surface area contributed by atoms with Crippen molar-refractivity contribution in [2.45, 2.75) is 13.8 Å². The Morgan fingerprint density at radius 2 is 2.18 bits per heavy atom. The van der Waals surface area contributed by atoms with Gasteiger partial charge in [0, 0.05) is 0 Å². The van der Waals surface area contributed by atoms with Crippen molar-refractivity contribution in [3.63, 3.8) is 0 Å². The number of carboxylic acid groups (broad SMARTS) is 1. The summed E-state index contributed by atoms with van der Waals surface area (Å²) in [7, 11) is 0. The lowest BCUT2D eigenvalue weighted by molar-refractivity contribution is -0.132. The number of aliphatic imine (C=N–C) groups is 1. The van der Waals surface area contributed by atoms with Crippen LogP contribution in [0.4, 0.5) is 0 Å². The molecule has 0 atom stereocenters. The zero-order valence-electron chi connectivity index (χ0n) is 6.37. The van der Waals surface area contributed by atoms with Gasteiger partial charge in [-0.25, -0.2) is 9.59 Å². The van der Waals surface area contributed by atoms with Crippen molar-refractivity contribution >= 4 is 12.0 Å². The van der Waals surface area contributed by atoms with Gasteiger partial charge in [-0.05, 0) is 12.0 Å². The lowest BCUT2D eigenvalue weighted by Crippen LogP contribution is -1.99. The van der Waals surface area contributed by atoms with Crippen LogP contribution in [0.15, 0.2) is 16.8 Å². The molecule has 0 amide bonds. The van der Waals surface area contributed by atoms with E-state index in [1.54, 1.807) is 13.8 Å². The topological polar surface area (TPSA) is 66.7 Å². The van der Waals surface area contributed by atoms with Gasteiger partial charge in [0.15, 0.2) is 5.70 Å². The van der Waals surface area contributed by atoms with Crippen LogP contribution in [0.2, 0.25) is 0 Å². The number of nitrogens with zero attached hydrogens (tertiary/aromatic N) is 1. The van der Waals surface area contributed by atoms with Crippen molar-refractivity contribution in [2.24, 2.45) is 10.9 Å². The van der Waals surface area contributed by atoms with Crippen molar-refractivity contribution < 1.29 is 14.7 Å². The molecule has 0 saturated carbocycles. The first kappa shape index (κ1) is 9.59. The van der Waals surface area contributed by atoms with E-state index in [0.29, 0.717) is 0 Å². The van der Waals surface area contributed by atoms with Crippen LogP contribution >= 0.6 is 0 Å². The SMILES string of the molecule is CC(C)C=C(N=C=O)C(=O)O. The molecule has 0 rings (SSSR count). The summed E-state index contributed by atoms with van der Waals surface area (Å²) in [6.45, 7) is 3.59. The fraction of sp³-hybridized carbons (Fsp3) is 0.429. The number of carbonyl (C=O) groups excluding carboxylic acids is 1. The highest BCUT2D eigenvalue weighted by Gasteiger charge is 2.05. The molecule has 0 saturated heterocycles. The molecule has 0 aromatic rings. The third-order valence-electron chi connectivity index (χ3n) is 0.876. The van der Waals surface area contributed by atoms with E-state index in [0.717, 1.165) is 0 Å². The molecule has 1 N–H and O–H groups in total. The molecule has 11 heavy (non-hydrogen) atoms. The van der Waals surface area contributed by atoms with Crippen molar-refractivity contribution in [2.75, 3.05) is 0 Å². The molecule has 0 aliphatic heterocycles. The Morgan fingerprint density at radius 1 is 1.64 bits per heavy atom. The van der Waals surface area contributed by atoms with Crippen LogP contribution in [0.5, 0.6) is 0 Å². The quantitative estimate of drug-likeness (QED) is 0.374. The molecular weight excluding hydrogens is 146 g/mol. The Balaban J connectivity index is 4.59. The monoisotopic (exact) mass is 155 g/mol. The minimum Gasteiger partial charge on any atom is -0.476 e. The van der Waals surface area contributed by atoms with E-state index in [1.807, 2.05) is 0 Å². The summed E-state index contributed by atoms with van der Waals surface area (Å²) in [6.07, 6.45) is 2.56. The van der Waals surface area contributed by atoms with Crippen LogP contribution in [0.1, 0.15) is 13.8 Å². The van der Waals surface area contributed by atoms with E-state index in [9.17, 15) is 9.59 Å². The molecule has 4 heteroatoms. The Morgan fingerprint density at radius 3 is 2.45 bits per heavy atom. The van der Waals surface area contributed by atoms with Gasteiger partial charge in [-0.2, -0.15) is 4.99 Å². The summed E-state index contributed by atoms with van der Waals surface area (Å²) in [5.74, 6) is -1.15. The van der Waals surface area contributed by atoms with E-state index in [4.69, 9.17) is 5.11 Å². The lowest BCUT2D eigenvalue weighted by Gasteiger charge is -1.94. The zero-order chi connectivity index (χ0) is 8.85. The highest BCUT2D eigenvalue weighted by atomic mass is 16.4. The van der Waals surface area contributed by atoms with Gasteiger partial charge in [-0.15, -0.1) is 0 Å². The standard InChI is InChI=1S/C7H9NO3/c1-5(2)3-6(7(10)11)8-4-9/h3,5H,1-2H3,(H,10,11). The largest absolute Gasteiger partial charge is 0.476 e. The Bertz CT molecular complexity index is 220. The molecule has 0 radical (unpaired) electrons. The summed E-state index contributed by atoms with van der Waals surface area (Å²) in [5.41, 5.74) is -0.255. The average molecular weight is 155 g/mol. The van der Waals surface area contributed by atoms with Crippen LogP contribution in [0.25, 0.3) is 0 Å². The van der Waals surface area contributed by atoms with E-state index in [2.05, 4.69) is 4.99 Å². The third kappa shape index (κ3) is 4.06. The van der Waals surface area contributed by atoms with E-state index in [1.165, 1.54) is 12.2 Å². The fourth-order valence-electron chi connectivity index (χ4n) is 0.521. The highest BCUT2D eigenvalue weighted by Crippen LogP contribution is 2.02. The predicted molar refractivity (Wildman–Crippen MR) is 38.7 cm³/mol. The number of hydrogen-bond acceptors (Lipinski definition) is 3. The Labute approximate surface area is 64.3 Å². The predicted octanol–water partition coefficient (Wildman–Crippen LogP) is 0.947. The Kier molecular flexibility index (Phi) is 3.85. The number of carbonyl (C=O) groups is 1. The second-order valence-corrected chi connectivity index (χ2v) is 2.30. The van der Waals surface area contributed by atoms with Crippen LogP contribution in [-0.2, 0) is 9.59 Å². The molecule has 0 unspecified atom stereocenters. The van der Waals surface area contributed by atoms with Crippen LogP contribution < -0.4 is 0 Å². The van der Waals surface area contributed by atoms with Crippen LogP contribution in [-0.4, -0.2) is 17.2 Å². The van der Waals surface area contributed by atoms with Gasteiger partial charge in [-0.1, -0.05) is 13.8 Å². The van der Waals surface area contributed by atoms with Crippen molar-refractivity contribution in [3.05, 3.63) is 11.8 Å². The van der Waals surface area contributed by atoms with Crippen molar-refractivity contribution in [3.8, 4) is 0 Å². The maximum atomic E-state index is 10.3. The van der Waals surface area contributed by atoms with E-state index < -0.39 is 5.97 Å². The summed E-state index contributed by atoms with van der Waals surface area (Å²) in [4.78, 5) is 23.0. The summed E-state index contributed by atoms with van der Waals surface area (Å²) < 4.78 is 0. The van der Waals surface area contributed by atoms with E-state index in [-0.39, 0.29) is 11.6 Å². The van der Waals surface area contributed by atoms with Crippen molar-refractivity contribution in [1.29, 1.82) is 0 Å². The lowest BCUT2D eigenvalue weighted by atomic mass is 10.2. The first-order chi connectivity index (χ1) is 5.07. The summed E-state index contributed by atoms with van der Waals surface area (Å²) >= 11 is 0. The first-order valence-corrected chi connectivity index (χ1v) is 3.11. The molecule has 0 fully saturated rings. The second kappa shape index (κ2) is 4.41. The molecule has 0 aliphatic rings. The summed E-state index contributed by atoms with van der Waals surface area (Å²) in [6, 6.07) is 0. The smallest absolute Gasteiger partial charge is 0.355 e. The van der Waals surface area contributed by atoms with Gasteiger partial charge in [0.05, 0.1) is 0 Å². The number of allylic oxidation sites excluding steroid dienone is 1. The van der Waals surface area contributed by atoms with Crippen molar-refractivity contribution in [1.82, 2.24) is 0 Å². The summed E-state index contributed by atoms with van der Waals surface area (Å²) in [5, 5.41) is 8.41. The van der Waals surface area contributed by atoms with Gasteiger partial charge >= 0.3 is 5.97 Å². The molecule has 0 bridgehead atoms. The molecule has 0 aromatic heterocycles. The number of aliphatic carboxylic acids is 1. The molecular formula is C7H9NO3. The average Bonchev–Trinajstić information content (AvgIpc) is 1.86. The van der Waals surface area contributed by atoms with Gasteiger partial charge in [0.25, 0.3) is 0 Å². The fourth-order valence-corrected chi connectivity index (χ4v) is 0.521. The molecule has 0 aliphatic carbocycles. The Hall–Kier alpha value is -1.41. The highest BCUT2D eigenvalue weighted by molar-refractivity contribution is 5.87. The van der Waals surface area contributed by atoms with Gasteiger partial charge in [0.2, 0.25) is 6.08 Å².